The summed E-state index contributed by atoms with van der Waals surface area (Å²) in [6.07, 6.45) is 0.711. The second kappa shape index (κ2) is 7.15. The summed E-state index contributed by atoms with van der Waals surface area (Å²) in [5.41, 5.74) is 4.96. The first-order chi connectivity index (χ1) is 13.6. The molecule has 4 rings (SSSR count). The molecule has 0 radical (unpaired) electrons. The van der Waals surface area contributed by atoms with Gasteiger partial charge in [-0.25, -0.2) is 14.6 Å². The molecule has 6 heteroatoms. The number of rotatable bonds is 4. The number of aryl methyl sites for hydroxylation is 1. The molecule has 2 N–H and O–H groups in total. The van der Waals surface area contributed by atoms with Gasteiger partial charge in [0.15, 0.2) is 0 Å². The number of hydrogen-bond donors (Lipinski definition) is 2. The molecule has 3 aromatic rings. The van der Waals surface area contributed by atoms with Crippen LogP contribution in [-0.4, -0.2) is 28.8 Å². The molecule has 0 unspecified atom stereocenters. The third kappa shape index (κ3) is 3.09. The molecule has 0 atom stereocenters. The van der Waals surface area contributed by atoms with Crippen molar-refractivity contribution in [2.24, 2.45) is 0 Å². The number of carboxylic acids is 1. The highest BCUT2D eigenvalue weighted by atomic mass is 16.5. The van der Waals surface area contributed by atoms with Crippen molar-refractivity contribution < 1.29 is 19.4 Å². The van der Waals surface area contributed by atoms with Crippen molar-refractivity contribution in [2.45, 2.75) is 12.8 Å². The minimum Gasteiger partial charge on any atom is -0.478 e. The Balaban J connectivity index is 1.52. The molecule has 0 bridgehead atoms. The number of benzene rings is 2. The monoisotopic (exact) mass is 374 g/mol. The molecular formula is C22H18N2O4. The SMILES string of the molecule is Cc1ccnc(NC(=O)OCC2c3ccccc3-c3ccccc32)c1C(=O)O. The van der Waals surface area contributed by atoms with E-state index in [1.54, 1.807) is 13.0 Å². The second-order valence-electron chi connectivity index (χ2n) is 6.61. The maximum atomic E-state index is 12.3. The highest BCUT2D eigenvalue weighted by Crippen LogP contribution is 2.44. The minimum atomic E-state index is -1.15. The van der Waals surface area contributed by atoms with E-state index in [0.29, 0.717) is 5.56 Å². The number of carbonyl (C=O) groups excluding carboxylic acids is 1. The molecule has 0 spiro atoms. The van der Waals surface area contributed by atoms with Crippen LogP contribution in [0.1, 0.15) is 33.0 Å². The van der Waals surface area contributed by atoms with Crippen molar-refractivity contribution in [1.29, 1.82) is 0 Å². The maximum Gasteiger partial charge on any atom is 0.412 e. The smallest absolute Gasteiger partial charge is 0.412 e. The summed E-state index contributed by atoms with van der Waals surface area (Å²) < 4.78 is 5.44. The van der Waals surface area contributed by atoms with Crippen LogP contribution in [0.2, 0.25) is 0 Å². The van der Waals surface area contributed by atoms with E-state index in [-0.39, 0.29) is 23.9 Å². The first kappa shape index (κ1) is 17.7. The van der Waals surface area contributed by atoms with Crippen LogP contribution >= 0.6 is 0 Å². The molecule has 1 aliphatic carbocycles. The summed E-state index contributed by atoms with van der Waals surface area (Å²) in [5, 5.41) is 11.8. The predicted octanol–water partition coefficient (Wildman–Crippen LogP) is 4.45. The second-order valence-corrected chi connectivity index (χ2v) is 6.61. The molecular weight excluding hydrogens is 356 g/mol. The molecule has 140 valence electrons. The molecule has 1 heterocycles. The van der Waals surface area contributed by atoms with E-state index in [4.69, 9.17) is 4.74 Å². The zero-order chi connectivity index (χ0) is 19.7. The molecule has 0 saturated heterocycles. The highest BCUT2D eigenvalue weighted by Gasteiger charge is 2.29. The summed E-state index contributed by atoms with van der Waals surface area (Å²) in [6, 6.07) is 17.7. The van der Waals surface area contributed by atoms with E-state index in [1.807, 2.05) is 36.4 Å². The van der Waals surface area contributed by atoms with Gasteiger partial charge < -0.3 is 9.84 Å². The Hall–Kier alpha value is -3.67. The number of anilines is 1. The van der Waals surface area contributed by atoms with Crippen molar-refractivity contribution in [2.75, 3.05) is 11.9 Å². The van der Waals surface area contributed by atoms with Gasteiger partial charge in [0.05, 0.1) is 0 Å². The largest absolute Gasteiger partial charge is 0.478 e. The normalized spacial score (nSPS) is 12.2. The lowest BCUT2D eigenvalue weighted by molar-refractivity contribution is 0.0697. The first-order valence-corrected chi connectivity index (χ1v) is 8.87. The van der Waals surface area contributed by atoms with Gasteiger partial charge in [0.2, 0.25) is 0 Å². The fourth-order valence-electron chi connectivity index (χ4n) is 3.65. The molecule has 1 aliphatic rings. The van der Waals surface area contributed by atoms with Crippen LogP contribution in [0.4, 0.5) is 10.6 Å². The van der Waals surface area contributed by atoms with Gasteiger partial charge in [0.1, 0.15) is 18.0 Å². The fraction of sp³-hybridized carbons (Fsp3) is 0.136. The summed E-state index contributed by atoms with van der Waals surface area (Å²) in [6.45, 7) is 1.79. The van der Waals surface area contributed by atoms with E-state index in [0.717, 1.165) is 22.3 Å². The summed E-state index contributed by atoms with van der Waals surface area (Å²) in [7, 11) is 0. The molecule has 6 nitrogen and oxygen atoms in total. The summed E-state index contributed by atoms with van der Waals surface area (Å²) in [5.74, 6) is -1.24. The van der Waals surface area contributed by atoms with Gasteiger partial charge >= 0.3 is 12.1 Å². The average molecular weight is 374 g/mol. The lowest BCUT2D eigenvalue weighted by Gasteiger charge is -2.15. The van der Waals surface area contributed by atoms with Gasteiger partial charge in [-0.15, -0.1) is 0 Å². The number of hydrogen-bond acceptors (Lipinski definition) is 4. The van der Waals surface area contributed by atoms with Crippen molar-refractivity contribution in [3.8, 4) is 11.1 Å². The number of fused-ring (bicyclic) bond motifs is 3. The van der Waals surface area contributed by atoms with E-state index in [1.165, 1.54) is 6.20 Å². The standard InChI is InChI=1S/C22H18N2O4/c1-13-10-11-23-20(19(13)21(25)26)24-22(27)28-12-18-16-8-4-2-6-14(16)15-7-3-5-9-17(15)18/h2-11,18H,12H2,1H3,(H,25,26)(H,23,24,27). The van der Waals surface area contributed by atoms with Crippen LogP contribution in [0, 0.1) is 6.92 Å². The first-order valence-electron chi connectivity index (χ1n) is 8.87. The third-order valence-corrected chi connectivity index (χ3v) is 4.94. The summed E-state index contributed by atoms with van der Waals surface area (Å²) in [4.78, 5) is 27.7. The van der Waals surface area contributed by atoms with Gasteiger partial charge in [0, 0.05) is 12.1 Å². The van der Waals surface area contributed by atoms with Gasteiger partial charge in [-0.05, 0) is 40.8 Å². The number of ether oxygens (including phenoxy) is 1. The van der Waals surface area contributed by atoms with Crippen molar-refractivity contribution in [3.05, 3.63) is 83.0 Å². The van der Waals surface area contributed by atoms with Crippen molar-refractivity contribution in [1.82, 2.24) is 4.98 Å². The van der Waals surface area contributed by atoms with Crippen molar-refractivity contribution in [3.63, 3.8) is 0 Å². The number of aromatic carboxylic acids is 1. The van der Waals surface area contributed by atoms with E-state index < -0.39 is 12.1 Å². The molecule has 2 aromatic carbocycles. The van der Waals surface area contributed by atoms with E-state index in [9.17, 15) is 14.7 Å². The number of nitrogens with zero attached hydrogens (tertiary/aromatic N) is 1. The van der Waals surface area contributed by atoms with E-state index >= 15 is 0 Å². The topological polar surface area (TPSA) is 88.5 Å². The third-order valence-electron chi connectivity index (χ3n) is 4.94. The van der Waals surface area contributed by atoms with Crippen LogP contribution in [0.15, 0.2) is 60.8 Å². The Morgan fingerprint density at radius 1 is 1.04 bits per heavy atom. The lowest BCUT2D eigenvalue weighted by atomic mass is 9.98. The molecule has 28 heavy (non-hydrogen) atoms. The van der Waals surface area contributed by atoms with E-state index in [2.05, 4.69) is 22.4 Å². The Bertz CT molecular complexity index is 1030. The maximum absolute atomic E-state index is 12.3. The van der Waals surface area contributed by atoms with Crippen LogP contribution < -0.4 is 5.32 Å². The number of carbonyl (C=O) groups is 2. The zero-order valence-electron chi connectivity index (χ0n) is 15.2. The number of carboxylic acid groups (broad SMARTS) is 1. The van der Waals surface area contributed by atoms with Gasteiger partial charge in [-0.2, -0.15) is 0 Å². The number of amides is 1. The Morgan fingerprint density at radius 3 is 2.25 bits per heavy atom. The molecule has 1 aromatic heterocycles. The number of pyridine rings is 1. The van der Waals surface area contributed by atoms with Gasteiger partial charge in [-0.3, -0.25) is 5.32 Å². The highest BCUT2D eigenvalue weighted by molar-refractivity contribution is 5.98. The molecule has 0 saturated carbocycles. The minimum absolute atomic E-state index is 0.0234. The average Bonchev–Trinajstić information content (AvgIpc) is 3.00. The molecule has 0 fully saturated rings. The Kier molecular flexibility index (Phi) is 4.53. The van der Waals surface area contributed by atoms with Crippen LogP contribution in [0.25, 0.3) is 11.1 Å². The fourth-order valence-corrected chi connectivity index (χ4v) is 3.65. The predicted molar refractivity (Wildman–Crippen MR) is 105 cm³/mol. The zero-order valence-corrected chi connectivity index (χ0v) is 15.2. The lowest BCUT2D eigenvalue weighted by Crippen LogP contribution is -2.20. The number of aromatic nitrogens is 1. The van der Waals surface area contributed by atoms with Gasteiger partial charge in [0.25, 0.3) is 0 Å². The molecule has 1 amide bonds. The van der Waals surface area contributed by atoms with Gasteiger partial charge in [-0.1, -0.05) is 48.5 Å². The van der Waals surface area contributed by atoms with Crippen molar-refractivity contribution >= 4 is 17.9 Å². The summed E-state index contributed by atoms with van der Waals surface area (Å²) >= 11 is 0. The van der Waals surface area contributed by atoms with Crippen LogP contribution in [0.5, 0.6) is 0 Å². The van der Waals surface area contributed by atoms with Crippen LogP contribution in [0.3, 0.4) is 0 Å². The Labute approximate surface area is 161 Å². The van der Waals surface area contributed by atoms with Crippen LogP contribution in [-0.2, 0) is 4.74 Å². The quantitative estimate of drug-likeness (QED) is 0.704. The number of nitrogens with one attached hydrogen (secondary N) is 1. The molecule has 0 aliphatic heterocycles. The Morgan fingerprint density at radius 2 is 1.64 bits per heavy atom.